The zero-order valence-corrected chi connectivity index (χ0v) is 8.77. The number of hydrogen-bond donors (Lipinski definition) is 3. The van der Waals surface area contributed by atoms with Gasteiger partial charge in [-0.1, -0.05) is 0 Å². The summed E-state index contributed by atoms with van der Waals surface area (Å²) in [4.78, 5) is 21.1. The Kier molecular flexibility index (Phi) is 4.07. The fourth-order valence-electron chi connectivity index (χ4n) is 1.23. The van der Waals surface area contributed by atoms with Gasteiger partial charge in [-0.15, -0.1) is 0 Å². The lowest BCUT2D eigenvalue weighted by Gasteiger charge is -2.10. The highest BCUT2D eigenvalue weighted by molar-refractivity contribution is 5.80. The third-order valence-corrected chi connectivity index (χ3v) is 2.00. The quantitative estimate of drug-likeness (QED) is 0.658. The molecule has 1 aromatic rings. The lowest BCUT2D eigenvalue weighted by molar-refractivity contribution is -0.146. The van der Waals surface area contributed by atoms with Gasteiger partial charge in [-0.25, -0.2) is 0 Å². The standard InChI is InChI=1S/C10H13NO5/c1-6-2-3-7(16-6)5-11-8(10(14)15)4-9(12)13/h2-3,8,11H,4-5H2,1H3,(H,12,13)(H,14,15). The summed E-state index contributed by atoms with van der Waals surface area (Å²) in [7, 11) is 0. The Labute approximate surface area is 91.9 Å². The van der Waals surface area contributed by atoms with Crippen LogP contribution < -0.4 is 5.32 Å². The van der Waals surface area contributed by atoms with E-state index < -0.39 is 24.4 Å². The van der Waals surface area contributed by atoms with Crippen molar-refractivity contribution in [2.24, 2.45) is 0 Å². The van der Waals surface area contributed by atoms with Crippen molar-refractivity contribution >= 4 is 11.9 Å². The van der Waals surface area contributed by atoms with E-state index in [1.807, 2.05) is 0 Å². The van der Waals surface area contributed by atoms with E-state index in [-0.39, 0.29) is 6.54 Å². The van der Waals surface area contributed by atoms with Crippen molar-refractivity contribution in [1.82, 2.24) is 5.32 Å². The first kappa shape index (κ1) is 12.3. The van der Waals surface area contributed by atoms with Gasteiger partial charge in [-0.3, -0.25) is 14.9 Å². The van der Waals surface area contributed by atoms with Crippen LogP contribution >= 0.6 is 0 Å². The molecule has 0 saturated carbocycles. The molecule has 0 fully saturated rings. The average molecular weight is 227 g/mol. The molecule has 1 unspecified atom stereocenters. The van der Waals surface area contributed by atoms with Gasteiger partial charge in [-0.2, -0.15) is 0 Å². The van der Waals surface area contributed by atoms with Crippen LogP contribution in [-0.4, -0.2) is 28.2 Å². The lowest BCUT2D eigenvalue weighted by Crippen LogP contribution is -2.37. The number of aliphatic carboxylic acids is 2. The summed E-state index contributed by atoms with van der Waals surface area (Å²) >= 11 is 0. The molecule has 0 spiro atoms. The molecule has 1 aromatic heterocycles. The minimum atomic E-state index is -1.19. The maximum Gasteiger partial charge on any atom is 0.321 e. The Bertz CT molecular complexity index is 384. The number of furan rings is 1. The van der Waals surface area contributed by atoms with E-state index >= 15 is 0 Å². The number of aryl methyl sites for hydroxylation is 1. The van der Waals surface area contributed by atoms with Crippen molar-refractivity contribution in [2.45, 2.75) is 25.9 Å². The Morgan fingerprint density at radius 1 is 1.44 bits per heavy atom. The van der Waals surface area contributed by atoms with Gasteiger partial charge in [0.2, 0.25) is 0 Å². The maximum absolute atomic E-state index is 10.7. The van der Waals surface area contributed by atoms with E-state index in [9.17, 15) is 9.59 Å². The third kappa shape index (κ3) is 3.74. The average Bonchev–Trinajstić information content (AvgIpc) is 2.58. The molecule has 1 heterocycles. The largest absolute Gasteiger partial charge is 0.481 e. The molecule has 0 bridgehead atoms. The highest BCUT2D eigenvalue weighted by atomic mass is 16.4. The number of carboxylic acids is 2. The van der Waals surface area contributed by atoms with E-state index in [1.165, 1.54) is 0 Å². The van der Waals surface area contributed by atoms with Crippen LogP contribution in [0.1, 0.15) is 17.9 Å². The molecule has 1 atom stereocenters. The van der Waals surface area contributed by atoms with Crippen LogP contribution in [-0.2, 0) is 16.1 Å². The van der Waals surface area contributed by atoms with Crippen molar-refractivity contribution in [3.63, 3.8) is 0 Å². The SMILES string of the molecule is Cc1ccc(CNC(CC(=O)O)C(=O)O)o1. The van der Waals surface area contributed by atoms with Crippen LogP contribution in [0.2, 0.25) is 0 Å². The van der Waals surface area contributed by atoms with Gasteiger partial charge in [0.1, 0.15) is 17.6 Å². The Morgan fingerprint density at radius 2 is 2.12 bits per heavy atom. The molecule has 0 aromatic carbocycles. The molecule has 1 rings (SSSR count). The van der Waals surface area contributed by atoms with E-state index in [4.69, 9.17) is 14.6 Å². The first-order valence-electron chi connectivity index (χ1n) is 4.72. The number of rotatable bonds is 6. The van der Waals surface area contributed by atoms with Crippen LogP contribution in [0.4, 0.5) is 0 Å². The van der Waals surface area contributed by atoms with Gasteiger partial charge in [0, 0.05) is 0 Å². The van der Waals surface area contributed by atoms with Crippen LogP contribution in [0, 0.1) is 6.92 Å². The minimum Gasteiger partial charge on any atom is -0.481 e. The molecule has 16 heavy (non-hydrogen) atoms. The normalized spacial score (nSPS) is 12.3. The highest BCUT2D eigenvalue weighted by Gasteiger charge is 2.20. The number of hydrogen-bond acceptors (Lipinski definition) is 4. The molecule has 0 amide bonds. The molecule has 0 aliphatic carbocycles. The van der Waals surface area contributed by atoms with Crippen LogP contribution in [0.3, 0.4) is 0 Å². The first-order chi connectivity index (χ1) is 7.49. The minimum absolute atomic E-state index is 0.193. The second-order valence-corrected chi connectivity index (χ2v) is 3.38. The molecule has 0 saturated heterocycles. The predicted molar refractivity (Wildman–Crippen MR) is 54.0 cm³/mol. The first-order valence-corrected chi connectivity index (χ1v) is 4.72. The smallest absolute Gasteiger partial charge is 0.321 e. The van der Waals surface area contributed by atoms with E-state index in [2.05, 4.69) is 5.32 Å². The van der Waals surface area contributed by atoms with E-state index in [0.29, 0.717) is 5.76 Å². The summed E-state index contributed by atoms with van der Waals surface area (Å²) in [6, 6.07) is 2.36. The Hall–Kier alpha value is -1.82. The monoisotopic (exact) mass is 227 g/mol. The molecule has 6 heteroatoms. The van der Waals surface area contributed by atoms with Gasteiger partial charge >= 0.3 is 11.9 Å². The summed E-state index contributed by atoms with van der Waals surface area (Å²) in [6.45, 7) is 1.97. The summed E-state index contributed by atoms with van der Waals surface area (Å²) in [6.07, 6.45) is -0.463. The molecular weight excluding hydrogens is 214 g/mol. The maximum atomic E-state index is 10.7. The fraction of sp³-hybridized carbons (Fsp3) is 0.400. The zero-order chi connectivity index (χ0) is 12.1. The Morgan fingerprint density at radius 3 is 2.56 bits per heavy atom. The molecular formula is C10H13NO5. The molecule has 3 N–H and O–H groups in total. The molecule has 0 aliphatic heterocycles. The lowest BCUT2D eigenvalue weighted by atomic mass is 10.2. The molecule has 6 nitrogen and oxygen atoms in total. The van der Waals surface area contributed by atoms with Gasteiger partial charge in [0.05, 0.1) is 13.0 Å². The summed E-state index contributed by atoms with van der Waals surface area (Å²) in [5, 5.41) is 19.9. The molecule has 0 aliphatic rings. The third-order valence-electron chi connectivity index (χ3n) is 2.00. The number of carbonyl (C=O) groups is 2. The molecule has 0 radical (unpaired) electrons. The van der Waals surface area contributed by atoms with Gasteiger partial charge in [0.25, 0.3) is 0 Å². The van der Waals surface area contributed by atoms with Gasteiger partial charge in [-0.05, 0) is 19.1 Å². The predicted octanol–water partition coefficient (Wildman–Crippen LogP) is 0.606. The van der Waals surface area contributed by atoms with Crippen molar-refractivity contribution < 1.29 is 24.2 Å². The summed E-state index contributed by atoms with van der Waals surface area (Å²) < 4.78 is 5.22. The second kappa shape index (κ2) is 5.32. The van der Waals surface area contributed by atoms with Gasteiger partial charge < -0.3 is 14.6 Å². The Balaban J connectivity index is 2.50. The zero-order valence-electron chi connectivity index (χ0n) is 8.77. The van der Waals surface area contributed by atoms with Crippen molar-refractivity contribution in [3.8, 4) is 0 Å². The van der Waals surface area contributed by atoms with Crippen LogP contribution in [0.5, 0.6) is 0 Å². The summed E-state index contributed by atoms with van der Waals surface area (Å²) in [5.41, 5.74) is 0. The van der Waals surface area contributed by atoms with Crippen molar-refractivity contribution in [3.05, 3.63) is 23.7 Å². The topological polar surface area (TPSA) is 99.8 Å². The van der Waals surface area contributed by atoms with E-state index in [1.54, 1.807) is 19.1 Å². The highest BCUT2D eigenvalue weighted by Crippen LogP contribution is 2.06. The van der Waals surface area contributed by atoms with Crippen LogP contribution in [0.15, 0.2) is 16.5 Å². The van der Waals surface area contributed by atoms with Crippen molar-refractivity contribution in [2.75, 3.05) is 0 Å². The van der Waals surface area contributed by atoms with Gasteiger partial charge in [0.15, 0.2) is 0 Å². The fourth-order valence-corrected chi connectivity index (χ4v) is 1.23. The summed E-state index contributed by atoms with van der Waals surface area (Å²) in [5.74, 6) is -1.04. The second-order valence-electron chi connectivity index (χ2n) is 3.38. The molecule has 88 valence electrons. The van der Waals surface area contributed by atoms with Crippen LogP contribution in [0.25, 0.3) is 0 Å². The number of carboxylic acid groups (broad SMARTS) is 2. The van der Waals surface area contributed by atoms with E-state index in [0.717, 1.165) is 5.76 Å². The number of nitrogens with one attached hydrogen (secondary N) is 1. The van der Waals surface area contributed by atoms with Crippen molar-refractivity contribution in [1.29, 1.82) is 0 Å².